The summed E-state index contributed by atoms with van der Waals surface area (Å²) in [5.41, 5.74) is 2.50. The van der Waals surface area contributed by atoms with E-state index in [-0.39, 0.29) is 5.97 Å². The van der Waals surface area contributed by atoms with Crippen LogP contribution < -0.4 is 0 Å². The van der Waals surface area contributed by atoms with Crippen LogP contribution in [0.2, 0.25) is 0 Å². The second-order valence-electron chi connectivity index (χ2n) is 5.51. The smallest absolute Gasteiger partial charge is 0.330 e. The highest BCUT2D eigenvalue weighted by Gasteiger charge is 2.14. The minimum absolute atomic E-state index is 0.232. The van der Waals surface area contributed by atoms with Gasteiger partial charge in [0.25, 0.3) is 0 Å². The number of carbonyl (C=O) groups is 1. The molecular weight excluding hydrogens is 252 g/mol. The lowest BCUT2D eigenvalue weighted by Gasteiger charge is -2.09. The molecule has 1 heterocycles. The highest BCUT2D eigenvalue weighted by molar-refractivity contribution is 5.82. The fourth-order valence-electron chi connectivity index (χ4n) is 2.37. The summed E-state index contributed by atoms with van der Waals surface area (Å²) in [6, 6.07) is 0. The summed E-state index contributed by atoms with van der Waals surface area (Å²) in [7, 11) is 0. The third kappa shape index (κ3) is 7.49. The molecular formula is C17H28O3. The lowest BCUT2D eigenvalue weighted by atomic mass is 10.0. The summed E-state index contributed by atoms with van der Waals surface area (Å²) >= 11 is 0. The monoisotopic (exact) mass is 280 g/mol. The molecule has 1 saturated heterocycles. The number of ether oxygens (including phenoxy) is 2. The van der Waals surface area contributed by atoms with E-state index in [9.17, 15) is 4.79 Å². The Hall–Kier alpha value is -1.09. The van der Waals surface area contributed by atoms with Crippen LogP contribution >= 0.6 is 0 Å². The van der Waals surface area contributed by atoms with Crippen LogP contribution in [0.5, 0.6) is 0 Å². The van der Waals surface area contributed by atoms with Crippen LogP contribution in [-0.4, -0.2) is 25.3 Å². The number of allylic oxidation sites excluding steroid dienone is 3. The minimum Gasteiger partial charge on any atom is -0.463 e. The molecule has 0 aromatic heterocycles. The molecule has 0 aromatic rings. The van der Waals surface area contributed by atoms with Crippen molar-refractivity contribution in [2.24, 2.45) is 0 Å². The molecule has 0 amide bonds. The van der Waals surface area contributed by atoms with E-state index >= 15 is 0 Å². The maximum absolute atomic E-state index is 11.3. The first-order chi connectivity index (χ1) is 9.61. The van der Waals surface area contributed by atoms with Gasteiger partial charge in [-0.1, -0.05) is 17.2 Å². The van der Waals surface area contributed by atoms with E-state index in [1.165, 1.54) is 18.4 Å². The third-order valence-corrected chi connectivity index (χ3v) is 3.57. The van der Waals surface area contributed by atoms with Gasteiger partial charge in [0.15, 0.2) is 0 Å². The lowest BCUT2D eigenvalue weighted by molar-refractivity contribution is -0.137. The minimum atomic E-state index is -0.232. The van der Waals surface area contributed by atoms with Crippen molar-refractivity contribution >= 4 is 5.97 Å². The Balaban J connectivity index is 2.19. The molecule has 0 saturated carbocycles. The molecule has 1 rings (SSSR count). The average molecular weight is 280 g/mol. The van der Waals surface area contributed by atoms with E-state index in [1.54, 1.807) is 6.08 Å². The van der Waals surface area contributed by atoms with Crippen LogP contribution in [0.1, 0.15) is 59.3 Å². The Kier molecular flexibility index (Phi) is 8.28. The van der Waals surface area contributed by atoms with Crippen molar-refractivity contribution in [2.75, 3.05) is 13.2 Å². The van der Waals surface area contributed by atoms with Gasteiger partial charge in [0, 0.05) is 12.7 Å². The zero-order valence-corrected chi connectivity index (χ0v) is 13.1. The predicted octanol–water partition coefficient (Wildman–Crippen LogP) is 4.18. The molecule has 0 N–H and O–H groups in total. The van der Waals surface area contributed by atoms with Gasteiger partial charge in [-0.3, -0.25) is 0 Å². The molecule has 1 atom stereocenters. The first-order valence-electron chi connectivity index (χ1n) is 7.73. The summed E-state index contributed by atoms with van der Waals surface area (Å²) in [6.45, 7) is 7.35. The quantitative estimate of drug-likeness (QED) is 0.380. The van der Waals surface area contributed by atoms with Gasteiger partial charge in [-0.15, -0.1) is 0 Å². The molecule has 0 bridgehead atoms. The molecule has 0 radical (unpaired) electrons. The maximum atomic E-state index is 11.3. The largest absolute Gasteiger partial charge is 0.463 e. The van der Waals surface area contributed by atoms with Crippen LogP contribution in [0.15, 0.2) is 23.3 Å². The van der Waals surface area contributed by atoms with E-state index in [0.717, 1.165) is 37.9 Å². The summed E-state index contributed by atoms with van der Waals surface area (Å²) in [5.74, 6) is -0.232. The number of esters is 1. The van der Waals surface area contributed by atoms with Crippen molar-refractivity contribution in [1.82, 2.24) is 0 Å². The number of rotatable bonds is 8. The molecule has 0 spiro atoms. The fourth-order valence-corrected chi connectivity index (χ4v) is 2.37. The fraction of sp³-hybridized carbons (Fsp3) is 0.706. The van der Waals surface area contributed by atoms with Crippen LogP contribution in [0.25, 0.3) is 0 Å². The highest BCUT2D eigenvalue weighted by Crippen LogP contribution is 2.19. The Morgan fingerprint density at radius 1 is 1.30 bits per heavy atom. The van der Waals surface area contributed by atoms with E-state index in [0.29, 0.717) is 12.7 Å². The van der Waals surface area contributed by atoms with Crippen molar-refractivity contribution in [3.63, 3.8) is 0 Å². The summed E-state index contributed by atoms with van der Waals surface area (Å²) in [6.07, 6.45) is 10.9. The third-order valence-electron chi connectivity index (χ3n) is 3.57. The summed E-state index contributed by atoms with van der Waals surface area (Å²) in [4.78, 5) is 11.3. The molecule has 0 aromatic carbocycles. The molecule has 1 aliphatic heterocycles. The first kappa shape index (κ1) is 17.0. The normalized spacial score (nSPS) is 20.2. The van der Waals surface area contributed by atoms with Gasteiger partial charge in [0.2, 0.25) is 0 Å². The van der Waals surface area contributed by atoms with Gasteiger partial charge in [-0.2, -0.15) is 0 Å². The second-order valence-corrected chi connectivity index (χ2v) is 5.51. The topological polar surface area (TPSA) is 35.5 Å². The standard InChI is InChI=1S/C17H28O3/c1-4-19-17(18)13-15(3)8-5-7-14(2)10-11-16-9-6-12-20-16/h7,13,16H,4-6,8-12H2,1-3H3. The second kappa shape index (κ2) is 9.76. The molecule has 1 unspecified atom stereocenters. The Bertz CT molecular complexity index is 349. The Morgan fingerprint density at radius 3 is 2.75 bits per heavy atom. The van der Waals surface area contributed by atoms with Crippen LogP contribution in [0.3, 0.4) is 0 Å². The number of hydrogen-bond acceptors (Lipinski definition) is 3. The molecule has 20 heavy (non-hydrogen) atoms. The maximum Gasteiger partial charge on any atom is 0.330 e. The lowest BCUT2D eigenvalue weighted by Crippen LogP contribution is -2.04. The van der Waals surface area contributed by atoms with Crippen molar-refractivity contribution in [2.45, 2.75) is 65.4 Å². The molecule has 3 heteroatoms. The van der Waals surface area contributed by atoms with Gasteiger partial charge < -0.3 is 9.47 Å². The Labute approximate surface area is 123 Å². The van der Waals surface area contributed by atoms with E-state index in [2.05, 4.69) is 13.0 Å². The molecule has 114 valence electrons. The summed E-state index contributed by atoms with van der Waals surface area (Å²) < 4.78 is 10.5. The van der Waals surface area contributed by atoms with E-state index < -0.39 is 0 Å². The van der Waals surface area contributed by atoms with Crippen molar-refractivity contribution in [3.05, 3.63) is 23.3 Å². The number of hydrogen-bond donors (Lipinski definition) is 0. The van der Waals surface area contributed by atoms with Crippen molar-refractivity contribution < 1.29 is 14.3 Å². The van der Waals surface area contributed by atoms with Crippen LogP contribution in [0, 0.1) is 0 Å². The molecule has 1 aliphatic rings. The predicted molar refractivity (Wildman–Crippen MR) is 81.6 cm³/mol. The molecule has 0 aliphatic carbocycles. The average Bonchev–Trinajstić information content (AvgIpc) is 2.89. The Morgan fingerprint density at radius 2 is 2.10 bits per heavy atom. The summed E-state index contributed by atoms with van der Waals surface area (Å²) in [5, 5.41) is 0. The van der Waals surface area contributed by atoms with Crippen LogP contribution in [0.4, 0.5) is 0 Å². The van der Waals surface area contributed by atoms with E-state index in [1.807, 2.05) is 13.8 Å². The van der Waals surface area contributed by atoms with Gasteiger partial charge >= 0.3 is 5.97 Å². The van der Waals surface area contributed by atoms with Crippen molar-refractivity contribution in [1.29, 1.82) is 0 Å². The zero-order valence-electron chi connectivity index (χ0n) is 13.1. The van der Waals surface area contributed by atoms with Gasteiger partial charge in [-0.25, -0.2) is 4.79 Å². The SMILES string of the molecule is CCOC(=O)C=C(C)CCC=C(C)CCC1CCCO1. The highest BCUT2D eigenvalue weighted by atomic mass is 16.5. The van der Waals surface area contributed by atoms with Gasteiger partial charge in [0.1, 0.15) is 0 Å². The zero-order chi connectivity index (χ0) is 14.8. The van der Waals surface area contributed by atoms with Gasteiger partial charge in [-0.05, 0) is 59.3 Å². The van der Waals surface area contributed by atoms with Gasteiger partial charge in [0.05, 0.1) is 12.7 Å². The number of carbonyl (C=O) groups excluding carboxylic acids is 1. The molecule has 3 nitrogen and oxygen atoms in total. The van der Waals surface area contributed by atoms with Crippen molar-refractivity contribution in [3.8, 4) is 0 Å². The molecule has 1 fully saturated rings. The first-order valence-corrected chi connectivity index (χ1v) is 7.73. The van der Waals surface area contributed by atoms with Crippen LogP contribution in [-0.2, 0) is 14.3 Å². The van der Waals surface area contributed by atoms with E-state index in [4.69, 9.17) is 9.47 Å².